The minimum atomic E-state index is -7.37. The Labute approximate surface area is 170 Å². The van der Waals surface area contributed by atoms with E-state index in [0.717, 1.165) is 0 Å². The predicted octanol–water partition coefficient (Wildman–Crippen LogP) is 5.67. The van der Waals surface area contributed by atoms with Crippen LogP contribution in [0.5, 0.6) is 0 Å². The van der Waals surface area contributed by atoms with Crippen LogP contribution in [0.3, 0.4) is 0 Å². The lowest BCUT2D eigenvalue weighted by Gasteiger charge is -2.39. The number of rotatable bonds is 13. The zero-order chi connectivity index (χ0) is 24.2. The zero-order valence-corrected chi connectivity index (χ0v) is 17.9. The van der Waals surface area contributed by atoms with E-state index >= 15 is 0 Å². The lowest BCUT2D eigenvalue weighted by Crippen LogP contribution is -2.63. The Morgan fingerprint density at radius 3 is 1.63 bits per heavy atom. The Balaban J connectivity index is 5.99. The molecule has 4 nitrogen and oxygen atoms in total. The molecule has 0 N–H and O–H groups in total. The molecule has 0 saturated carbocycles. The fourth-order valence-electron chi connectivity index (χ4n) is 2.22. The Hall–Kier alpha value is -0.700. The summed E-state index contributed by atoms with van der Waals surface area (Å²) in [6.45, 7) is 4.19. The van der Waals surface area contributed by atoms with E-state index in [1.165, 1.54) is 13.8 Å². The quantitative estimate of drug-likeness (QED) is 0.241. The van der Waals surface area contributed by atoms with Crippen LogP contribution in [0.1, 0.15) is 46.5 Å². The van der Waals surface area contributed by atoms with Crippen molar-refractivity contribution in [2.75, 3.05) is 17.3 Å². The molecule has 0 fully saturated rings. The van der Waals surface area contributed by atoms with Gasteiger partial charge in [-0.1, -0.05) is 33.6 Å². The maximum Gasteiger partial charge on any atom is 0.460 e. The van der Waals surface area contributed by atoms with E-state index in [-0.39, 0.29) is 6.42 Å². The third-order valence-electron chi connectivity index (χ3n) is 4.20. The second kappa shape index (κ2) is 9.84. The van der Waals surface area contributed by atoms with Gasteiger partial charge in [0.15, 0.2) is 0 Å². The number of hydrogen-bond donors (Lipinski definition) is 0. The summed E-state index contributed by atoms with van der Waals surface area (Å²) in [5.41, 5.74) is 0. The number of hydrogen-bond acceptors (Lipinski definition) is 4. The molecule has 0 radical (unpaired) electrons. The van der Waals surface area contributed by atoms with Gasteiger partial charge >= 0.3 is 33.4 Å². The van der Waals surface area contributed by atoms with Gasteiger partial charge in [-0.15, -0.1) is 10.3 Å². The molecule has 0 atom stereocenters. The average molecular weight is 502 g/mol. The maximum absolute atomic E-state index is 13.9. The maximum atomic E-state index is 13.9. The van der Waals surface area contributed by atoms with E-state index in [2.05, 4.69) is 3.63 Å². The number of carbonyl (C=O) groups is 1. The van der Waals surface area contributed by atoms with Crippen LogP contribution in [0.25, 0.3) is 0 Å². The van der Waals surface area contributed by atoms with E-state index in [4.69, 9.17) is 0 Å². The van der Waals surface area contributed by atoms with Crippen LogP contribution in [0.2, 0.25) is 0 Å². The van der Waals surface area contributed by atoms with Crippen LogP contribution < -0.4 is 0 Å². The highest BCUT2D eigenvalue weighted by molar-refractivity contribution is 8.33. The van der Waals surface area contributed by atoms with Crippen LogP contribution in [0.4, 0.5) is 39.5 Å². The highest BCUT2D eigenvalue weighted by atomic mass is 32.3. The highest BCUT2D eigenvalue weighted by Crippen LogP contribution is 2.58. The fourth-order valence-corrected chi connectivity index (χ4v) is 7.03. The predicted molar refractivity (Wildman–Crippen MR) is 93.6 cm³/mol. The first-order valence-corrected chi connectivity index (χ1v) is 12.2. The van der Waals surface area contributed by atoms with Crippen molar-refractivity contribution in [1.29, 1.82) is 0 Å². The van der Waals surface area contributed by atoms with Crippen molar-refractivity contribution in [2.24, 2.45) is 0 Å². The standard InChI is InChI=1S/C15H23F9O4S2/c1-4-7-8-9-11(25)10-29(5-2,6-3)28-30(26,27)15(23,24)13(18,19)12(16,17)14(20,21)22/h4-10H2,1-3H3. The van der Waals surface area contributed by atoms with Crippen molar-refractivity contribution >= 4 is 26.2 Å². The normalized spacial score (nSPS) is 15.3. The molecule has 0 heterocycles. The summed E-state index contributed by atoms with van der Waals surface area (Å²) in [5, 5.41) is -6.92. The van der Waals surface area contributed by atoms with Gasteiger partial charge in [0.1, 0.15) is 5.78 Å². The molecule has 182 valence electrons. The van der Waals surface area contributed by atoms with Crippen LogP contribution in [0, 0.1) is 0 Å². The molecule has 0 aromatic carbocycles. The molecule has 15 heteroatoms. The summed E-state index contributed by atoms with van der Waals surface area (Å²) < 4.78 is 145. The smallest absolute Gasteiger partial charge is 0.299 e. The van der Waals surface area contributed by atoms with Crippen LogP contribution in [0.15, 0.2) is 0 Å². The number of unbranched alkanes of at least 4 members (excludes halogenated alkanes) is 2. The van der Waals surface area contributed by atoms with Gasteiger partial charge in [0, 0.05) is 6.42 Å². The van der Waals surface area contributed by atoms with Crippen molar-refractivity contribution in [3.63, 3.8) is 0 Å². The van der Waals surface area contributed by atoms with Gasteiger partial charge < -0.3 is 0 Å². The van der Waals surface area contributed by atoms with Gasteiger partial charge in [0.25, 0.3) is 0 Å². The molecule has 0 spiro atoms. The van der Waals surface area contributed by atoms with E-state index < -0.39 is 66.7 Å². The second-order valence-electron chi connectivity index (χ2n) is 6.37. The van der Waals surface area contributed by atoms with E-state index in [0.29, 0.717) is 19.3 Å². The van der Waals surface area contributed by atoms with Gasteiger partial charge in [0.05, 0.1) is 5.75 Å². The fraction of sp³-hybridized carbons (Fsp3) is 0.933. The first kappa shape index (κ1) is 29.3. The molecule has 0 rings (SSSR count). The summed E-state index contributed by atoms with van der Waals surface area (Å²) in [7, 11) is -10.4. The van der Waals surface area contributed by atoms with E-state index in [9.17, 15) is 52.7 Å². The molecular weight excluding hydrogens is 479 g/mol. The number of ketones is 1. The number of Topliss-reactive ketones (excluding diaryl/α,β-unsaturated/α-hetero) is 1. The highest BCUT2D eigenvalue weighted by Gasteiger charge is 2.86. The van der Waals surface area contributed by atoms with Crippen molar-refractivity contribution in [1.82, 2.24) is 0 Å². The monoisotopic (exact) mass is 502 g/mol. The molecule has 30 heavy (non-hydrogen) atoms. The van der Waals surface area contributed by atoms with Crippen molar-refractivity contribution in [2.45, 2.75) is 69.7 Å². The second-order valence-corrected chi connectivity index (χ2v) is 11.7. The van der Waals surface area contributed by atoms with Gasteiger partial charge in [0.2, 0.25) is 0 Å². The van der Waals surface area contributed by atoms with Gasteiger partial charge in [-0.2, -0.15) is 47.9 Å². The Morgan fingerprint density at radius 1 is 0.800 bits per heavy atom. The summed E-state index contributed by atoms with van der Waals surface area (Å²) in [6, 6.07) is 0. The topological polar surface area (TPSA) is 60.4 Å². The SMILES string of the molecule is CCCCCC(=O)CS(CC)(CC)OS(=O)(=O)C(F)(F)C(F)(F)C(F)(F)C(F)(F)F. The van der Waals surface area contributed by atoms with E-state index in [1.54, 1.807) is 0 Å². The molecule has 0 amide bonds. The molecular formula is C15H23F9O4S2. The largest absolute Gasteiger partial charge is 0.460 e. The average Bonchev–Trinajstić information content (AvgIpc) is 2.59. The lowest BCUT2D eigenvalue weighted by atomic mass is 10.1. The van der Waals surface area contributed by atoms with Gasteiger partial charge in [-0.05, 0) is 17.9 Å². The Morgan fingerprint density at radius 2 is 1.27 bits per heavy atom. The third kappa shape index (κ3) is 5.75. The molecule has 0 aromatic rings. The molecule has 0 saturated heterocycles. The first-order chi connectivity index (χ1) is 13.3. The molecule has 0 aromatic heterocycles. The molecule has 0 aliphatic heterocycles. The number of alkyl halides is 9. The lowest BCUT2D eigenvalue weighted by molar-refractivity contribution is -0.382. The van der Waals surface area contributed by atoms with E-state index in [1.807, 2.05) is 6.92 Å². The Kier molecular flexibility index (Phi) is 9.61. The van der Waals surface area contributed by atoms with Crippen LogP contribution in [-0.2, 0) is 18.5 Å². The molecule has 0 bridgehead atoms. The van der Waals surface area contributed by atoms with Crippen molar-refractivity contribution in [3.05, 3.63) is 0 Å². The van der Waals surface area contributed by atoms with Crippen molar-refractivity contribution in [3.8, 4) is 0 Å². The Bertz CT molecular complexity index is 687. The van der Waals surface area contributed by atoms with Crippen LogP contribution >= 0.6 is 10.3 Å². The summed E-state index contributed by atoms with van der Waals surface area (Å²) >= 11 is 0. The molecule has 0 unspecified atom stereocenters. The van der Waals surface area contributed by atoms with Crippen LogP contribution in [-0.4, -0.2) is 54.7 Å². The van der Waals surface area contributed by atoms with Crippen molar-refractivity contribution < 1.29 is 56.4 Å². The zero-order valence-electron chi connectivity index (χ0n) is 16.3. The first-order valence-electron chi connectivity index (χ1n) is 8.72. The molecule has 0 aliphatic carbocycles. The van der Waals surface area contributed by atoms with Gasteiger partial charge in [-0.3, -0.25) is 4.79 Å². The van der Waals surface area contributed by atoms with Gasteiger partial charge in [-0.25, -0.2) is 3.63 Å². The minimum Gasteiger partial charge on any atom is -0.299 e. The summed E-state index contributed by atoms with van der Waals surface area (Å²) in [6.07, 6.45) is -5.55. The number of carbonyl (C=O) groups excluding carboxylic acids is 1. The number of halogens is 9. The molecule has 0 aliphatic rings. The third-order valence-corrected chi connectivity index (χ3v) is 9.91. The minimum absolute atomic E-state index is 0.0926. The summed E-state index contributed by atoms with van der Waals surface area (Å²) in [5.74, 6) is -17.0. The summed E-state index contributed by atoms with van der Waals surface area (Å²) in [4.78, 5) is 12.0.